The number of aryl methyl sites for hydroxylation is 1. The van der Waals surface area contributed by atoms with Crippen molar-refractivity contribution in [3.8, 4) is 0 Å². The van der Waals surface area contributed by atoms with E-state index in [4.69, 9.17) is 4.99 Å². The second-order valence-electron chi connectivity index (χ2n) is 7.27. The molecular weight excluding hydrogens is 338 g/mol. The minimum Gasteiger partial charge on any atom is -0.251 e. The molecule has 1 aliphatic heterocycles. The highest BCUT2D eigenvalue weighted by molar-refractivity contribution is 6.17. The second-order valence-corrected chi connectivity index (χ2v) is 7.27. The number of fused-ring (bicyclic) bond motifs is 1. The Balaban J connectivity index is 1.93. The monoisotopic (exact) mass is 359 g/mol. The van der Waals surface area contributed by atoms with Crippen LogP contribution in [0.4, 0.5) is 5.69 Å². The Morgan fingerprint density at radius 1 is 0.571 bits per heavy atom. The van der Waals surface area contributed by atoms with Crippen LogP contribution in [0.5, 0.6) is 0 Å². The first-order chi connectivity index (χ1) is 13.8. The molecule has 4 aromatic rings. The Morgan fingerprint density at radius 2 is 1.11 bits per heavy atom. The van der Waals surface area contributed by atoms with Crippen molar-refractivity contribution in [2.45, 2.75) is 12.3 Å². The zero-order valence-corrected chi connectivity index (χ0v) is 15.8. The summed E-state index contributed by atoms with van der Waals surface area (Å²) in [5, 5.41) is 0. The van der Waals surface area contributed by atoms with Crippen LogP contribution >= 0.6 is 0 Å². The number of benzene rings is 4. The molecule has 0 fully saturated rings. The van der Waals surface area contributed by atoms with E-state index in [-0.39, 0.29) is 0 Å². The molecule has 1 heterocycles. The third-order valence-electron chi connectivity index (χ3n) is 5.71. The van der Waals surface area contributed by atoms with Gasteiger partial charge in [0.25, 0.3) is 0 Å². The van der Waals surface area contributed by atoms with Crippen LogP contribution in [0, 0.1) is 6.92 Å². The smallest absolute Gasteiger partial charge is 0.0901 e. The highest BCUT2D eigenvalue weighted by Gasteiger charge is 2.47. The maximum absolute atomic E-state index is 5.21. The minimum atomic E-state index is -0.425. The van der Waals surface area contributed by atoms with Gasteiger partial charge in [-0.2, -0.15) is 0 Å². The SMILES string of the molecule is Cc1ccccc1C1=Nc2ccccc2C1(c1ccccc1)c1ccccc1. The van der Waals surface area contributed by atoms with E-state index in [1.54, 1.807) is 0 Å². The molecule has 0 saturated carbocycles. The van der Waals surface area contributed by atoms with E-state index in [0.29, 0.717) is 0 Å². The van der Waals surface area contributed by atoms with E-state index in [1.807, 2.05) is 0 Å². The zero-order chi connectivity index (χ0) is 19.0. The van der Waals surface area contributed by atoms with Crippen LogP contribution in [-0.4, -0.2) is 5.71 Å². The fourth-order valence-electron chi connectivity index (χ4n) is 4.45. The van der Waals surface area contributed by atoms with Gasteiger partial charge >= 0.3 is 0 Å². The first-order valence-electron chi connectivity index (χ1n) is 9.67. The van der Waals surface area contributed by atoms with E-state index in [1.165, 1.54) is 27.8 Å². The highest BCUT2D eigenvalue weighted by atomic mass is 14.8. The molecule has 1 aliphatic rings. The topological polar surface area (TPSA) is 12.4 Å². The second kappa shape index (κ2) is 6.61. The van der Waals surface area contributed by atoms with Gasteiger partial charge in [0.2, 0.25) is 0 Å². The molecule has 28 heavy (non-hydrogen) atoms. The van der Waals surface area contributed by atoms with Gasteiger partial charge in [-0.25, -0.2) is 0 Å². The van der Waals surface area contributed by atoms with Gasteiger partial charge in [0, 0.05) is 5.56 Å². The summed E-state index contributed by atoms with van der Waals surface area (Å²) < 4.78 is 0. The van der Waals surface area contributed by atoms with Gasteiger partial charge in [-0.1, -0.05) is 103 Å². The molecule has 0 amide bonds. The average Bonchev–Trinajstić information content (AvgIpc) is 3.11. The van der Waals surface area contributed by atoms with Gasteiger partial charge in [0.1, 0.15) is 0 Å². The average molecular weight is 359 g/mol. The number of rotatable bonds is 3. The normalized spacial score (nSPS) is 14.4. The van der Waals surface area contributed by atoms with Crippen LogP contribution in [0.2, 0.25) is 0 Å². The Hall–Kier alpha value is -3.45. The summed E-state index contributed by atoms with van der Waals surface area (Å²) >= 11 is 0. The van der Waals surface area contributed by atoms with E-state index < -0.39 is 5.41 Å². The van der Waals surface area contributed by atoms with Crippen molar-refractivity contribution in [3.05, 3.63) is 137 Å². The molecule has 0 atom stereocenters. The summed E-state index contributed by atoms with van der Waals surface area (Å²) in [5.41, 5.74) is 7.90. The van der Waals surface area contributed by atoms with Crippen molar-refractivity contribution in [1.82, 2.24) is 0 Å². The molecule has 0 aliphatic carbocycles. The van der Waals surface area contributed by atoms with Crippen molar-refractivity contribution in [2.24, 2.45) is 4.99 Å². The summed E-state index contributed by atoms with van der Waals surface area (Å²) in [4.78, 5) is 5.21. The molecule has 4 aromatic carbocycles. The number of hydrogen-bond acceptors (Lipinski definition) is 1. The summed E-state index contributed by atoms with van der Waals surface area (Å²) in [6.07, 6.45) is 0. The molecule has 1 heteroatoms. The molecule has 5 rings (SSSR count). The third-order valence-corrected chi connectivity index (χ3v) is 5.71. The summed E-state index contributed by atoms with van der Waals surface area (Å²) in [5.74, 6) is 0. The first kappa shape index (κ1) is 16.7. The van der Waals surface area contributed by atoms with Crippen LogP contribution < -0.4 is 0 Å². The first-order valence-corrected chi connectivity index (χ1v) is 9.67. The molecular formula is C27H21N. The number of nitrogens with zero attached hydrogens (tertiary/aromatic N) is 1. The quantitative estimate of drug-likeness (QED) is 0.398. The Labute approximate surface area is 166 Å². The van der Waals surface area contributed by atoms with Crippen LogP contribution in [-0.2, 0) is 5.41 Å². The third kappa shape index (κ3) is 2.36. The highest BCUT2D eigenvalue weighted by Crippen LogP contribution is 2.50. The predicted molar refractivity (Wildman–Crippen MR) is 117 cm³/mol. The lowest BCUT2D eigenvalue weighted by Crippen LogP contribution is -2.37. The number of aliphatic imine (C=N–C) groups is 1. The van der Waals surface area contributed by atoms with E-state index in [2.05, 4.69) is 116 Å². The Kier molecular flexibility index (Phi) is 3.95. The van der Waals surface area contributed by atoms with Crippen LogP contribution in [0.15, 0.2) is 114 Å². The molecule has 134 valence electrons. The largest absolute Gasteiger partial charge is 0.251 e. The standard InChI is InChI=1S/C27H21N/c1-20-12-8-9-17-23(20)26-27(21-13-4-2-5-14-21,22-15-6-3-7-16-22)24-18-10-11-19-25(24)28-26/h2-19H,1H3. The van der Waals surface area contributed by atoms with Gasteiger partial charge in [-0.15, -0.1) is 0 Å². The van der Waals surface area contributed by atoms with Gasteiger partial charge in [0.05, 0.1) is 16.8 Å². The van der Waals surface area contributed by atoms with E-state index in [0.717, 1.165) is 11.4 Å². The Morgan fingerprint density at radius 3 is 1.75 bits per heavy atom. The van der Waals surface area contributed by atoms with Crippen LogP contribution in [0.1, 0.15) is 27.8 Å². The maximum Gasteiger partial charge on any atom is 0.0901 e. The zero-order valence-electron chi connectivity index (χ0n) is 15.8. The van der Waals surface area contributed by atoms with E-state index in [9.17, 15) is 0 Å². The van der Waals surface area contributed by atoms with Crippen molar-refractivity contribution < 1.29 is 0 Å². The van der Waals surface area contributed by atoms with Gasteiger partial charge < -0.3 is 0 Å². The fraction of sp³-hybridized carbons (Fsp3) is 0.0741. The predicted octanol–water partition coefficient (Wildman–Crippen LogP) is 6.46. The van der Waals surface area contributed by atoms with Gasteiger partial charge in [0.15, 0.2) is 0 Å². The number of para-hydroxylation sites is 1. The van der Waals surface area contributed by atoms with Gasteiger partial charge in [-0.3, -0.25) is 4.99 Å². The van der Waals surface area contributed by atoms with Crippen LogP contribution in [0.25, 0.3) is 0 Å². The summed E-state index contributed by atoms with van der Waals surface area (Å²) in [6.45, 7) is 2.17. The molecule has 0 bridgehead atoms. The minimum absolute atomic E-state index is 0.425. The molecule has 0 N–H and O–H groups in total. The molecule has 0 saturated heterocycles. The van der Waals surface area contributed by atoms with Gasteiger partial charge in [-0.05, 0) is 35.2 Å². The number of hydrogen-bond donors (Lipinski definition) is 0. The molecule has 0 spiro atoms. The van der Waals surface area contributed by atoms with Crippen molar-refractivity contribution in [1.29, 1.82) is 0 Å². The van der Waals surface area contributed by atoms with E-state index >= 15 is 0 Å². The van der Waals surface area contributed by atoms with Crippen molar-refractivity contribution >= 4 is 11.4 Å². The maximum atomic E-state index is 5.21. The molecule has 0 unspecified atom stereocenters. The molecule has 0 radical (unpaired) electrons. The summed E-state index contributed by atoms with van der Waals surface area (Å²) in [7, 11) is 0. The lowest BCUT2D eigenvalue weighted by molar-refractivity contribution is 0.850. The van der Waals surface area contributed by atoms with Crippen LogP contribution in [0.3, 0.4) is 0 Å². The van der Waals surface area contributed by atoms with Crippen molar-refractivity contribution in [2.75, 3.05) is 0 Å². The lowest BCUT2D eigenvalue weighted by atomic mass is 9.65. The van der Waals surface area contributed by atoms with Crippen molar-refractivity contribution in [3.63, 3.8) is 0 Å². The molecule has 0 aromatic heterocycles. The fourth-order valence-corrected chi connectivity index (χ4v) is 4.45. The Bertz CT molecular complexity index is 1120. The summed E-state index contributed by atoms with van der Waals surface area (Å²) in [6, 6.07) is 38.6. The molecule has 1 nitrogen and oxygen atoms in total. The lowest BCUT2D eigenvalue weighted by Gasteiger charge is -2.34.